The van der Waals surface area contributed by atoms with Gasteiger partial charge in [0.05, 0.1) is 12.1 Å². The molecule has 140 valence electrons. The molecule has 6 heteroatoms. The fourth-order valence-corrected chi connectivity index (χ4v) is 4.35. The summed E-state index contributed by atoms with van der Waals surface area (Å²) in [7, 11) is 0. The van der Waals surface area contributed by atoms with Gasteiger partial charge in [-0.15, -0.1) is 11.3 Å². The van der Waals surface area contributed by atoms with Crippen LogP contribution in [0.1, 0.15) is 16.8 Å². The summed E-state index contributed by atoms with van der Waals surface area (Å²) in [5.74, 6) is -0.189. The van der Waals surface area contributed by atoms with Crippen molar-refractivity contribution < 1.29 is 4.79 Å². The van der Waals surface area contributed by atoms with Crippen LogP contribution >= 0.6 is 22.7 Å². The molecule has 0 saturated carbocycles. The van der Waals surface area contributed by atoms with Crippen LogP contribution in [0.5, 0.6) is 0 Å². The fraction of sp³-hybridized carbons (Fsp3) is 0.136. The summed E-state index contributed by atoms with van der Waals surface area (Å²) in [6, 6.07) is 16.1. The molecule has 1 aromatic carbocycles. The van der Waals surface area contributed by atoms with Crippen molar-refractivity contribution >= 4 is 28.6 Å². The van der Waals surface area contributed by atoms with Gasteiger partial charge in [0.1, 0.15) is 10.5 Å². The van der Waals surface area contributed by atoms with E-state index in [4.69, 9.17) is 0 Å². The van der Waals surface area contributed by atoms with Crippen molar-refractivity contribution in [3.8, 4) is 10.6 Å². The van der Waals surface area contributed by atoms with Crippen LogP contribution < -0.4 is 5.49 Å². The van der Waals surface area contributed by atoms with E-state index in [1.54, 1.807) is 22.7 Å². The Morgan fingerprint density at radius 1 is 1.11 bits per heavy atom. The van der Waals surface area contributed by atoms with Crippen molar-refractivity contribution in [2.45, 2.75) is 19.9 Å². The van der Waals surface area contributed by atoms with Crippen LogP contribution in [0.25, 0.3) is 10.6 Å². The third-order valence-electron chi connectivity index (χ3n) is 4.28. The van der Waals surface area contributed by atoms with E-state index in [9.17, 15) is 4.79 Å². The Hall–Kier alpha value is -2.83. The Labute approximate surface area is 171 Å². The highest BCUT2D eigenvalue weighted by molar-refractivity contribution is 7.14. The average molecular weight is 406 g/mol. The van der Waals surface area contributed by atoms with Crippen molar-refractivity contribution in [1.82, 2.24) is 9.55 Å². The molecule has 4 aromatic rings. The van der Waals surface area contributed by atoms with Gasteiger partial charge in [0.2, 0.25) is 0 Å². The van der Waals surface area contributed by atoms with Crippen LogP contribution in [0.4, 0.5) is 0 Å². The topological polar surface area (TPSA) is 47.2 Å². The zero-order chi connectivity index (χ0) is 19.3. The number of aromatic nitrogens is 2. The summed E-state index contributed by atoms with van der Waals surface area (Å²) in [5, 5.41) is 6.97. The number of hydrogen-bond donors (Lipinski definition) is 0. The second-order valence-corrected chi connectivity index (χ2v) is 8.15. The van der Waals surface area contributed by atoms with Crippen molar-refractivity contribution in [3.05, 3.63) is 93.2 Å². The highest BCUT2D eigenvalue weighted by Gasteiger charge is 2.09. The molecular weight excluding hydrogens is 386 g/mol. The highest BCUT2D eigenvalue weighted by Crippen LogP contribution is 2.25. The number of hydrogen-bond acceptors (Lipinski definition) is 4. The van der Waals surface area contributed by atoms with Gasteiger partial charge in [0.15, 0.2) is 0 Å². The zero-order valence-electron chi connectivity index (χ0n) is 15.4. The molecule has 0 bridgehead atoms. The number of nitrogens with zero attached hydrogens (tertiary/aromatic N) is 3. The van der Waals surface area contributed by atoms with Crippen LogP contribution in [-0.2, 0) is 17.8 Å². The minimum Gasteiger partial charge on any atom is -0.328 e. The minimum atomic E-state index is -0.189. The predicted molar refractivity (Wildman–Crippen MR) is 114 cm³/mol. The number of pyridine rings is 1. The number of amides is 1. The van der Waals surface area contributed by atoms with Crippen LogP contribution in [0.2, 0.25) is 0 Å². The largest absolute Gasteiger partial charge is 0.328 e. The first-order valence-electron chi connectivity index (χ1n) is 8.93. The molecule has 0 aliphatic heterocycles. The lowest BCUT2D eigenvalue weighted by molar-refractivity contribution is -0.117. The number of rotatable bonds is 5. The lowest BCUT2D eigenvalue weighted by Crippen LogP contribution is -2.22. The number of aryl methyl sites for hydroxylation is 1. The highest BCUT2D eigenvalue weighted by atomic mass is 32.1. The lowest BCUT2D eigenvalue weighted by atomic mass is 10.1. The van der Waals surface area contributed by atoms with Crippen LogP contribution in [0.3, 0.4) is 0 Å². The average Bonchev–Trinajstić information content (AvgIpc) is 3.37. The maximum absolute atomic E-state index is 12.5. The molecule has 3 aromatic heterocycles. The van der Waals surface area contributed by atoms with E-state index in [1.807, 2.05) is 45.8 Å². The van der Waals surface area contributed by atoms with E-state index in [0.29, 0.717) is 12.0 Å². The maximum atomic E-state index is 12.5. The van der Waals surface area contributed by atoms with Crippen LogP contribution in [0, 0.1) is 6.92 Å². The number of thiazole rings is 1. The molecule has 0 aliphatic rings. The minimum absolute atomic E-state index is 0.189. The molecule has 0 unspecified atom stereocenters. The van der Waals surface area contributed by atoms with Gasteiger partial charge >= 0.3 is 0 Å². The first-order valence-corrected chi connectivity index (χ1v) is 10.8. The standard InChI is InChI=1S/C22H19N3OS2/c1-16-5-7-17(8-6-16)13-25-10-3-2-4-20(25)24-21(26)12-19-15-28-22(23-19)18-9-11-27-14-18/h2-11,14-15H,12-13H2,1H3. The van der Waals surface area contributed by atoms with Gasteiger partial charge in [0.25, 0.3) is 5.91 Å². The Morgan fingerprint density at radius 2 is 1.96 bits per heavy atom. The molecule has 0 atom stereocenters. The van der Waals surface area contributed by atoms with Gasteiger partial charge in [-0.1, -0.05) is 35.9 Å². The fourth-order valence-electron chi connectivity index (χ4n) is 2.82. The second-order valence-electron chi connectivity index (χ2n) is 6.51. The molecule has 0 N–H and O–H groups in total. The third kappa shape index (κ3) is 4.52. The molecule has 28 heavy (non-hydrogen) atoms. The first kappa shape index (κ1) is 18.5. The normalized spacial score (nSPS) is 11.7. The Balaban J connectivity index is 1.52. The van der Waals surface area contributed by atoms with Crippen molar-refractivity contribution in [2.24, 2.45) is 4.99 Å². The van der Waals surface area contributed by atoms with E-state index in [2.05, 4.69) is 46.5 Å². The van der Waals surface area contributed by atoms with E-state index >= 15 is 0 Å². The van der Waals surface area contributed by atoms with E-state index in [1.165, 1.54) is 11.1 Å². The zero-order valence-corrected chi connectivity index (χ0v) is 17.0. The number of carbonyl (C=O) groups excluding carboxylic acids is 1. The molecular formula is C22H19N3OS2. The first-order chi connectivity index (χ1) is 13.7. The summed E-state index contributed by atoms with van der Waals surface area (Å²) in [5.41, 5.74) is 4.92. The summed E-state index contributed by atoms with van der Waals surface area (Å²) < 4.78 is 1.99. The van der Waals surface area contributed by atoms with Gasteiger partial charge < -0.3 is 4.57 Å². The van der Waals surface area contributed by atoms with Crippen LogP contribution in [-0.4, -0.2) is 15.5 Å². The molecule has 0 spiro atoms. The quantitative estimate of drug-likeness (QED) is 0.483. The Bertz CT molecular complexity index is 1140. The lowest BCUT2D eigenvalue weighted by Gasteiger charge is -2.07. The van der Waals surface area contributed by atoms with Gasteiger partial charge in [-0.3, -0.25) is 4.79 Å². The second kappa shape index (κ2) is 8.46. The number of thiophene rings is 1. The van der Waals surface area contributed by atoms with Gasteiger partial charge in [0, 0.05) is 29.1 Å². The molecule has 0 saturated heterocycles. The molecule has 3 heterocycles. The summed E-state index contributed by atoms with van der Waals surface area (Å²) in [6.45, 7) is 2.74. The molecule has 4 rings (SSSR count). The molecule has 0 aliphatic carbocycles. The summed E-state index contributed by atoms with van der Waals surface area (Å²) in [4.78, 5) is 21.4. The van der Waals surface area contributed by atoms with Crippen LogP contribution in [0.15, 0.2) is 75.9 Å². The van der Waals surface area contributed by atoms with E-state index in [-0.39, 0.29) is 12.3 Å². The summed E-state index contributed by atoms with van der Waals surface area (Å²) in [6.07, 6.45) is 2.16. The van der Waals surface area contributed by atoms with E-state index in [0.717, 1.165) is 16.3 Å². The molecule has 4 nitrogen and oxygen atoms in total. The van der Waals surface area contributed by atoms with Gasteiger partial charge in [-0.25, -0.2) is 4.98 Å². The third-order valence-corrected chi connectivity index (χ3v) is 5.91. The number of carbonyl (C=O) groups is 1. The Kier molecular flexibility index (Phi) is 5.60. The summed E-state index contributed by atoms with van der Waals surface area (Å²) >= 11 is 3.20. The predicted octanol–water partition coefficient (Wildman–Crippen LogP) is 4.70. The van der Waals surface area contributed by atoms with Crippen molar-refractivity contribution in [3.63, 3.8) is 0 Å². The van der Waals surface area contributed by atoms with E-state index < -0.39 is 0 Å². The molecule has 0 radical (unpaired) electrons. The van der Waals surface area contributed by atoms with Crippen molar-refractivity contribution in [2.75, 3.05) is 0 Å². The van der Waals surface area contributed by atoms with Crippen molar-refractivity contribution in [1.29, 1.82) is 0 Å². The smallest absolute Gasteiger partial charge is 0.253 e. The Morgan fingerprint density at radius 3 is 2.75 bits per heavy atom. The SMILES string of the molecule is Cc1ccc(Cn2ccccc2=NC(=O)Cc2csc(-c3ccsc3)n2)cc1. The van der Waals surface area contributed by atoms with Gasteiger partial charge in [-0.2, -0.15) is 16.3 Å². The molecule has 1 amide bonds. The van der Waals surface area contributed by atoms with Gasteiger partial charge in [-0.05, 0) is 36.1 Å². The maximum Gasteiger partial charge on any atom is 0.253 e. The molecule has 0 fully saturated rings. The monoisotopic (exact) mass is 405 g/mol. The number of benzene rings is 1.